The molecule has 0 unspecified atom stereocenters. The van der Waals surface area contributed by atoms with E-state index in [-0.39, 0.29) is 11.5 Å². The second kappa shape index (κ2) is 7.50. The molecule has 1 saturated heterocycles. The number of anilines is 1. The number of piperidine rings is 1. The quantitative estimate of drug-likeness (QED) is 0.549. The van der Waals surface area contributed by atoms with Crippen molar-refractivity contribution >= 4 is 27.2 Å². The van der Waals surface area contributed by atoms with Crippen molar-refractivity contribution in [3.05, 3.63) is 47.5 Å². The minimum atomic E-state index is -4.68. The van der Waals surface area contributed by atoms with Crippen molar-refractivity contribution < 1.29 is 23.0 Å². The average molecular weight is 407 g/mol. The minimum Gasteiger partial charge on any atom is -0.406 e. The molecule has 3 aromatic rings. The van der Waals surface area contributed by atoms with Gasteiger partial charge in [0, 0.05) is 13.1 Å². The smallest absolute Gasteiger partial charge is 0.406 e. The van der Waals surface area contributed by atoms with Crippen molar-refractivity contribution in [2.45, 2.75) is 25.6 Å². The fourth-order valence-corrected chi connectivity index (χ4v) is 4.40. The maximum Gasteiger partial charge on any atom is 0.573 e. The van der Waals surface area contributed by atoms with Crippen LogP contribution in [0.15, 0.2) is 41.9 Å². The normalized spacial score (nSPS) is 15.9. The fraction of sp³-hybridized carbons (Fsp3) is 0.350. The molecule has 0 atom stereocenters. The first-order valence-electron chi connectivity index (χ1n) is 9.02. The third-order valence-corrected chi connectivity index (χ3v) is 5.84. The van der Waals surface area contributed by atoms with Crippen molar-refractivity contribution in [2.24, 2.45) is 5.92 Å². The number of aromatic nitrogens is 1. The van der Waals surface area contributed by atoms with Gasteiger partial charge >= 0.3 is 6.36 Å². The van der Waals surface area contributed by atoms with Gasteiger partial charge in [-0.25, -0.2) is 4.98 Å². The van der Waals surface area contributed by atoms with Crippen molar-refractivity contribution in [1.82, 2.24) is 4.98 Å². The summed E-state index contributed by atoms with van der Waals surface area (Å²) in [6.07, 6.45) is -2.24. The van der Waals surface area contributed by atoms with Crippen molar-refractivity contribution in [3.63, 3.8) is 0 Å². The summed E-state index contributed by atoms with van der Waals surface area (Å²) in [7, 11) is 0. The molecule has 2 heterocycles. The summed E-state index contributed by atoms with van der Waals surface area (Å²) in [6, 6.07) is 9.96. The maximum atomic E-state index is 12.6. The highest BCUT2D eigenvalue weighted by Gasteiger charge is 2.31. The van der Waals surface area contributed by atoms with Gasteiger partial charge in [0.15, 0.2) is 0 Å². The molecule has 0 amide bonds. The number of ether oxygens (including phenoxy) is 1. The van der Waals surface area contributed by atoms with E-state index in [1.807, 2.05) is 18.2 Å². The average Bonchev–Trinajstić information content (AvgIpc) is 3.12. The molecule has 4 nitrogen and oxygen atoms in total. The summed E-state index contributed by atoms with van der Waals surface area (Å²) >= 11 is 1.45. The van der Waals surface area contributed by atoms with E-state index in [0.29, 0.717) is 23.5 Å². The SMILES string of the molecule is [O]c1c(N2CCC(Cc3cccc(OC(F)(F)F)c3)CC2)ccc2scnc12. The molecule has 1 fully saturated rings. The first kappa shape index (κ1) is 18.9. The Labute approximate surface area is 164 Å². The number of fused-ring (bicyclic) bond motifs is 1. The van der Waals surface area contributed by atoms with Crippen molar-refractivity contribution in [1.29, 1.82) is 0 Å². The second-order valence-electron chi connectivity index (χ2n) is 6.94. The van der Waals surface area contributed by atoms with E-state index in [1.54, 1.807) is 11.6 Å². The highest BCUT2D eigenvalue weighted by molar-refractivity contribution is 7.16. The lowest BCUT2D eigenvalue weighted by atomic mass is 9.90. The molecule has 0 N–H and O–H groups in total. The van der Waals surface area contributed by atoms with Gasteiger partial charge in [-0.2, -0.15) is 0 Å². The van der Waals surface area contributed by atoms with Gasteiger partial charge in [-0.05, 0) is 55.0 Å². The van der Waals surface area contributed by atoms with E-state index in [9.17, 15) is 18.3 Å². The molecule has 2 aromatic carbocycles. The van der Waals surface area contributed by atoms with E-state index in [0.717, 1.165) is 36.2 Å². The monoisotopic (exact) mass is 407 g/mol. The molecular formula is C20H18F3N2O2S. The number of rotatable bonds is 4. The predicted molar refractivity (Wildman–Crippen MR) is 102 cm³/mol. The van der Waals surface area contributed by atoms with Gasteiger partial charge in [0.2, 0.25) is 5.75 Å². The highest BCUT2D eigenvalue weighted by atomic mass is 32.1. The van der Waals surface area contributed by atoms with E-state index < -0.39 is 6.36 Å². The first-order valence-corrected chi connectivity index (χ1v) is 9.90. The molecule has 147 valence electrons. The Morgan fingerprint density at radius 2 is 1.96 bits per heavy atom. The molecule has 1 aliphatic rings. The predicted octanol–water partition coefficient (Wildman–Crippen LogP) is 5.80. The summed E-state index contributed by atoms with van der Waals surface area (Å²) in [6.45, 7) is 1.49. The van der Waals surface area contributed by atoms with Gasteiger partial charge in [0.1, 0.15) is 11.3 Å². The standard InChI is InChI=1S/C20H18F3N2O2S/c21-20(22,23)27-15-3-1-2-14(11-15)10-13-6-8-25(9-7-13)16-4-5-17-18(19(16)26)24-12-28-17/h1-5,11-13H,6-10H2. The molecule has 1 aliphatic heterocycles. The number of thiazole rings is 1. The van der Waals surface area contributed by atoms with Crippen LogP contribution in [-0.2, 0) is 11.5 Å². The number of halogens is 3. The van der Waals surface area contributed by atoms with Crippen LogP contribution < -0.4 is 9.64 Å². The zero-order chi connectivity index (χ0) is 19.7. The van der Waals surface area contributed by atoms with E-state index in [1.165, 1.54) is 23.5 Å². The third kappa shape index (κ3) is 4.16. The summed E-state index contributed by atoms with van der Waals surface area (Å²) < 4.78 is 42.1. The minimum absolute atomic E-state index is 0.0331. The number of benzene rings is 2. The Hall–Kier alpha value is -2.48. The zero-order valence-electron chi connectivity index (χ0n) is 14.9. The van der Waals surface area contributed by atoms with Crippen molar-refractivity contribution in [2.75, 3.05) is 18.0 Å². The van der Waals surface area contributed by atoms with Crippen LogP contribution in [0.1, 0.15) is 18.4 Å². The topological polar surface area (TPSA) is 45.3 Å². The summed E-state index contributed by atoms with van der Waals surface area (Å²) in [4.78, 5) is 6.25. The van der Waals surface area contributed by atoms with Crippen LogP contribution in [0.2, 0.25) is 0 Å². The van der Waals surface area contributed by atoms with Crippen LogP contribution >= 0.6 is 11.3 Å². The molecule has 28 heavy (non-hydrogen) atoms. The number of hydrogen-bond donors (Lipinski definition) is 0. The lowest BCUT2D eigenvalue weighted by Gasteiger charge is -2.33. The zero-order valence-corrected chi connectivity index (χ0v) is 15.7. The Bertz CT molecular complexity index is 965. The number of hydrogen-bond acceptors (Lipinski definition) is 4. The van der Waals surface area contributed by atoms with Crippen LogP contribution in [0.5, 0.6) is 11.5 Å². The fourth-order valence-electron chi connectivity index (χ4n) is 3.73. The lowest BCUT2D eigenvalue weighted by Crippen LogP contribution is -2.34. The van der Waals surface area contributed by atoms with E-state index >= 15 is 0 Å². The van der Waals surface area contributed by atoms with Crippen LogP contribution in [0.4, 0.5) is 18.9 Å². The molecular weight excluding hydrogens is 389 g/mol. The molecule has 8 heteroatoms. The van der Waals surface area contributed by atoms with E-state index in [4.69, 9.17) is 0 Å². The third-order valence-electron chi connectivity index (χ3n) is 5.05. The van der Waals surface area contributed by atoms with E-state index in [2.05, 4.69) is 14.6 Å². The van der Waals surface area contributed by atoms with Crippen LogP contribution in [0.25, 0.3) is 10.2 Å². The van der Waals surface area contributed by atoms with Crippen LogP contribution in [0.3, 0.4) is 0 Å². The van der Waals surface area contributed by atoms with Gasteiger partial charge < -0.3 is 9.64 Å². The summed E-state index contributed by atoms with van der Waals surface area (Å²) in [5, 5.41) is 12.6. The summed E-state index contributed by atoms with van der Waals surface area (Å²) in [5.41, 5.74) is 3.70. The second-order valence-corrected chi connectivity index (χ2v) is 7.83. The Kier molecular flexibility index (Phi) is 5.05. The molecule has 4 rings (SSSR count). The maximum absolute atomic E-state index is 12.6. The Balaban J connectivity index is 1.39. The number of nitrogens with zero attached hydrogens (tertiary/aromatic N) is 2. The molecule has 1 radical (unpaired) electrons. The number of alkyl halides is 3. The van der Waals surface area contributed by atoms with Gasteiger partial charge in [0.05, 0.1) is 15.9 Å². The Morgan fingerprint density at radius 3 is 2.71 bits per heavy atom. The van der Waals surface area contributed by atoms with Crippen molar-refractivity contribution in [3.8, 4) is 11.5 Å². The summed E-state index contributed by atoms with van der Waals surface area (Å²) in [5.74, 6) is 0.139. The van der Waals surface area contributed by atoms with Gasteiger partial charge in [0.25, 0.3) is 0 Å². The molecule has 0 spiro atoms. The molecule has 0 bridgehead atoms. The van der Waals surface area contributed by atoms with Gasteiger partial charge in [-0.1, -0.05) is 12.1 Å². The highest BCUT2D eigenvalue weighted by Crippen LogP contribution is 2.38. The van der Waals surface area contributed by atoms with Gasteiger partial charge in [-0.15, -0.1) is 24.5 Å². The molecule has 0 saturated carbocycles. The van der Waals surface area contributed by atoms with Crippen LogP contribution in [0, 0.1) is 5.92 Å². The Morgan fingerprint density at radius 1 is 1.18 bits per heavy atom. The lowest BCUT2D eigenvalue weighted by molar-refractivity contribution is -0.274. The molecule has 0 aliphatic carbocycles. The van der Waals surface area contributed by atoms with Gasteiger partial charge in [-0.3, -0.25) is 5.11 Å². The molecule has 1 aromatic heterocycles. The largest absolute Gasteiger partial charge is 0.573 e. The first-order chi connectivity index (χ1) is 13.4. The van der Waals surface area contributed by atoms with Crippen LogP contribution in [-0.4, -0.2) is 24.4 Å².